The van der Waals surface area contributed by atoms with Crippen molar-refractivity contribution < 1.29 is 9.90 Å². The lowest BCUT2D eigenvalue weighted by Gasteiger charge is -2.10. The van der Waals surface area contributed by atoms with Gasteiger partial charge in [0, 0.05) is 6.42 Å². The van der Waals surface area contributed by atoms with Crippen LogP contribution in [0.3, 0.4) is 0 Å². The second kappa shape index (κ2) is 6.19. The van der Waals surface area contributed by atoms with Crippen LogP contribution in [0, 0.1) is 0 Å². The summed E-state index contributed by atoms with van der Waals surface area (Å²) in [6.45, 7) is 3.95. The van der Waals surface area contributed by atoms with Gasteiger partial charge in [0.25, 0.3) is 0 Å². The van der Waals surface area contributed by atoms with Crippen LogP contribution >= 0.6 is 0 Å². The SMILES string of the molecule is CCCCCc1nnnn1C(C)CC(=O)O. The van der Waals surface area contributed by atoms with Gasteiger partial charge < -0.3 is 5.11 Å². The van der Waals surface area contributed by atoms with Crippen LogP contribution in [0.5, 0.6) is 0 Å². The van der Waals surface area contributed by atoms with Gasteiger partial charge in [0.05, 0.1) is 12.5 Å². The molecule has 90 valence electrons. The average molecular weight is 226 g/mol. The maximum Gasteiger partial charge on any atom is 0.305 e. The maximum atomic E-state index is 10.6. The van der Waals surface area contributed by atoms with Crippen molar-refractivity contribution in [3.05, 3.63) is 5.82 Å². The van der Waals surface area contributed by atoms with Crippen LogP contribution in [0.25, 0.3) is 0 Å². The second-order valence-electron chi connectivity index (χ2n) is 3.94. The van der Waals surface area contributed by atoms with Gasteiger partial charge in [-0.2, -0.15) is 0 Å². The molecule has 1 aromatic heterocycles. The summed E-state index contributed by atoms with van der Waals surface area (Å²) in [7, 11) is 0. The number of hydrogen-bond acceptors (Lipinski definition) is 4. The zero-order valence-corrected chi connectivity index (χ0v) is 9.76. The fourth-order valence-corrected chi connectivity index (χ4v) is 1.59. The van der Waals surface area contributed by atoms with Gasteiger partial charge in [-0.1, -0.05) is 19.8 Å². The summed E-state index contributed by atoms with van der Waals surface area (Å²) in [4.78, 5) is 10.6. The van der Waals surface area contributed by atoms with Gasteiger partial charge in [-0.15, -0.1) is 5.10 Å². The molecule has 1 unspecified atom stereocenters. The predicted octanol–water partition coefficient (Wildman–Crippen LogP) is 1.44. The van der Waals surface area contributed by atoms with E-state index in [0.29, 0.717) is 0 Å². The zero-order valence-electron chi connectivity index (χ0n) is 9.76. The van der Waals surface area contributed by atoms with Crippen molar-refractivity contribution in [2.45, 2.75) is 52.0 Å². The molecule has 0 aliphatic carbocycles. The first-order valence-electron chi connectivity index (χ1n) is 5.63. The third kappa shape index (κ3) is 3.60. The van der Waals surface area contributed by atoms with E-state index in [-0.39, 0.29) is 12.5 Å². The fourth-order valence-electron chi connectivity index (χ4n) is 1.59. The molecule has 0 bridgehead atoms. The quantitative estimate of drug-likeness (QED) is 0.711. The Bertz CT molecular complexity index is 337. The fraction of sp³-hybridized carbons (Fsp3) is 0.800. The van der Waals surface area contributed by atoms with Gasteiger partial charge in [0.1, 0.15) is 0 Å². The summed E-state index contributed by atoms with van der Waals surface area (Å²) in [6.07, 6.45) is 4.18. The molecule has 6 heteroatoms. The van der Waals surface area contributed by atoms with Gasteiger partial charge in [-0.05, 0) is 23.8 Å². The van der Waals surface area contributed by atoms with Gasteiger partial charge in [-0.3, -0.25) is 4.79 Å². The van der Waals surface area contributed by atoms with Crippen LogP contribution < -0.4 is 0 Å². The molecular weight excluding hydrogens is 208 g/mol. The largest absolute Gasteiger partial charge is 0.481 e. The lowest BCUT2D eigenvalue weighted by Crippen LogP contribution is -2.15. The Labute approximate surface area is 94.7 Å². The molecule has 0 fully saturated rings. The van der Waals surface area contributed by atoms with Crippen molar-refractivity contribution in [2.24, 2.45) is 0 Å². The van der Waals surface area contributed by atoms with Crippen molar-refractivity contribution >= 4 is 5.97 Å². The smallest absolute Gasteiger partial charge is 0.305 e. The highest BCUT2D eigenvalue weighted by Gasteiger charge is 2.15. The Balaban J connectivity index is 2.58. The molecule has 0 aliphatic rings. The molecule has 0 saturated heterocycles. The first kappa shape index (κ1) is 12.6. The number of rotatable bonds is 7. The molecule has 0 saturated carbocycles. The number of carbonyl (C=O) groups is 1. The predicted molar refractivity (Wildman–Crippen MR) is 58.0 cm³/mol. The number of aryl methyl sites for hydroxylation is 1. The van der Waals surface area contributed by atoms with Crippen molar-refractivity contribution in [3.63, 3.8) is 0 Å². The van der Waals surface area contributed by atoms with E-state index in [1.165, 1.54) is 0 Å². The van der Waals surface area contributed by atoms with Gasteiger partial charge in [-0.25, -0.2) is 4.68 Å². The van der Waals surface area contributed by atoms with Crippen molar-refractivity contribution in [2.75, 3.05) is 0 Å². The summed E-state index contributed by atoms with van der Waals surface area (Å²) in [6, 6.07) is -0.191. The lowest BCUT2D eigenvalue weighted by molar-refractivity contribution is -0.137. The van der Waals surface area contributed by atoms with Crippen LogP contribution in [0.15, 0.2) is 0 Å². The molecule has 0 radical (unpaired) electrons. The number of nitrogens with zero attached hydrogens (tertiary/aromatic N) is 4. The number of tetrazole rings is 1. The van der Waals surface area contributed by atoms with E-state index in [1.54, 1.807) is 4.68 Å². The van der Waals surface area contributed by atoms with Crippen LogP contribution in [0.4, 0.5) is 0 Å². The van der Waals surface area contributed by atoms with E-state index < -0.39 is 5.97 Å². The summed E-state index contributed by atoms with van der Waals surface area (Å²) >= 11 is 0. The number of carboxylic acid groups (broad SMARTS) is 1. The molecule has 0 aliphatic heterocycles. The highest BCUT2D eigenvalue weighted by atomic mass is 16.4. The van der Waals surface area contributed by atoms with Crippen molar-refractivity contribution in [1.29, 1.82) is 0 Å². The minimum atomic E-state index is -0.831. The molecule has 16 heavy (non-hydrogen) atoms. The van der Waals surface area contributed by atoms with E-state index in [0.717, 1.165) is 31.5 Å². The minimum Gasteiger partial charge on any atom is -0.481 e. The Hall–Kier alpha value is -1.46. The third-order valence-electron chi connectivity index (χ3n) is 2.45. The molecule has 6 nitrogen and oxygen atoms in total. The molecule has 1 rings (SSSR count). The van der Waals surface area contributed by atoms with Crippen molar-refractivity contribution in [1.82, 2.24) is 20.2 Å². The first-order chi connectivity index (χ1) is 7.65. The summed E-state index contributed by atoms with van der Waals surface area (Å²) < 4.78 is 1.61. The van der Waals surface area contributed by atoms with Crippen molar-refractivity contribution in [3.8, 4) is 0 Å². The lowest BCUT2D eigenvalue weighted by atomic mass is 10.2. The molecular formula is C10H18N4O2. The molecule has 0 spiro atoms. The summed E-state index contributed by atoms with van der Waals surface area (Å²) in [5.74, 6) is -0.0512. The van der Waals surface area contributed by atoms with E-state index >= 15 is 0 Å². The Morgan fingerprint density at radius 3 is 2.88 bits per heavy atom. The number of hydrogen-bond donors (Lipinski definition) is 1. The normalized spacial score (nSPS) is 12.6. The highest BCUT2D eigenvalue weighted by molar-refractivity contribution is 5.67. The van der Waals surface area contributed by atoms with E-state index in [9.17, 15) is 4.79 Å². The van der Waals surface area contributed by atoms with Crippen LogP contribution in [-0.2, 0) is 11.2 Å². The van der Waals surface area contributed by atoms with Crippen LogP contribution in [0.1, 0.15) is 51.4 Å². The van der Waals surface area contributed by atoms with E-state index in [4.69, 9.17) is 5.11 Å². The molecule has 0 aromatic carbocycles. The van der Waals surface area contributed by atoms with Gasteiger partial charge in [0.2, 0.25) is 0 Å². The standard InChI is InChI=1S/C10H18N4O2/c1-3-4-5-6-9-11-12-13-14(9)8(2)7-10(15)16/h8H,3-7H2,1-2H3,(H,15,16). The topological polar surface area (TPSA) is 80.9 Å². The minimum absolute atomic E-state index is 0.0474. The summed E-state index contributed by atoms with van der Waals surface area (Å²) in [5, 5.41) is 20.1. The molecule has 1 heterocycles. The molecule has 1 atom stereocenters. The monoisotopic (exact) mass is 226 g/mol. The molecule has 1 N–H and O–H groups in total. The van der Waals surface area contributed by atoms with Crippen LogP contribution in [-0.4, -0.2) is 31.3 Å². The van der Waals surface area contributed by atoms with Gasteiger partial charge in [0.15, 0.2) is 5.82 Å². The van der Waals surface area contributed by atoms with E-state index in [2.05, 4.69) is 22.4 Å². The Morgan fingerprint density at radius 2 is 2.25 bits per heavy atom. The highest BCUT2D eigenvalue weighted by Crippen LogP contribution is 2.12. The number of aromatic nitrogens is 4. The second-order valence-corrected chi connectivity index (χ2v) is 3.94. The number of unbranched alkanes of at least 4 members (excludes halogenated alkanes) is 2. The van der Waals surface area contributed by atoms with Gasteiger partial charge >= 0.3 is 5.97 Å². The third-order valence-corrected chi connectivity index (χ3v) is 2.45. The number of carboxylic acids is 1. The zero-order chi connectivity index (χ0) is 12.0. The maximum absolute atomic E-state index is 10.6. The first-order valence-corrected chi connectivity index (χ1v) is 5.63. The Morgan fingerprint density at radius 1 is 1.50 bits per heavy atom. The molecule has 0 amide bonds. The number of aliphatic carboxylic acids is 1. The molecule has 1 aromatic rings. The van der Waals surface area contributed by atoms with E-state index in [1.807, 2.05) is 6.92 Å². The average Bonchev–Trinajstić information content (AvgIpc) is 2.65. The van der Waals surface area contributed by atoms with Crippen LogP contribution in [0.2, 0.25) is 0 Å². The Kier molecular flexibility index (Phi) is 4.88. The summed E-state index contributed by atoms with van der Waals surface area (Å²) in [5.41, 5.74) is 0.